The lowest BCUT2D eigenvalue weighted by atomic mass is 10.2. The zero-order valence-electron chi connectivity index (χ0n) is 16.5. The van der Waals surface area contributed by atoms with E-state index in [1.807, 2.05) is 0 Å². The lowest BCUT2D eigenvalue weighted by molar-refractivity contribution is 0.266. The Kier molecular flexibility index (Phi) is 4.92. The topological polar surface area (TPSA) is 81.5 Å². The molecule has 2 aliphatic rings. The van der Waals surface area contributed by atoms with Gasteiger partial charge in [0.05, 0.1) is 18.0 Å². The number of nitrogens with zero attached hydrogens (tertiary/aromatic N) is 7. The Bertz CT molecular complexity index is 1000. The summed E-state index contributed by atoms with van der Waals surface area (Å²) in [5.74, 6) is 2.91. The van der Waals surface area contributed by atoms with E-state index in [1.165, 1.54) is 4.88 Å². The Hall–Kier alpha value is -2.52. The van der Waals surface area contributed by atoms with Crippen LogP contribution in [0.1, 0.15) is 17.7 Å². The number of piperazine rings is 1. The van der Waals surface area contributed by atoms with Gasteiger partial charge in [-0.05, 0) is 25.8 Å². The Morgan fingerprint density at radius 3 is 2.55 bits per heavy atom. The van der Waals surface area contributed by atoms with Crippen LogP contribution >= 0.6 is 11.3 Å². The number of fused-ring (bicyclic) bond motifs is 1. The molecule has 9 heteroatoms. The molecule has 0 aliphatic carbocycles. The smallest absolute Gasteiger partial charge is 0.140 e. The van der Waals surface area contributed by atoms with Crippen LogP contribution in [0.3, 0.4) is 0 Å². The molecule has 29 heavy (non-hydrogen) atoms. The van der Waals surface area contributed by atoms with Crippen LogP contribution in [0.5, 0.6) is 0 Å². The fraction of sp³-hybridized carbons (Fsp3) is 0.500. The third-order valence-corrected chi connectivity index (χ3v) is 6.81. The predicted octanol–water partition coefficient (Wildman–Crippen LogP) is 2.08. The number of hydrogen-bond acceptors (Lipinski definition) is 9. The summed E-state index contributed by atoms with van der Waals surface area (Å²) in [5, 5.41) is 10.8. The molecule has 2 saturated heterocycles. The number of anilines is 3. The average molecular weight is 412 g/mol. The molecular formula is C20H25N7OS. The molecule has 0 spiro atoms. The van der Waals surface area contributed by atoms with E-state index in [1.54, 1.807) is 24.0 Å². The van der Waals surface area contributed by atoms with Crippen LogP contribution in [-0.4, -0.2) is 70.4 Å². The van der Waals surface area contributed by atoms with Crippen LogP contribution in [0.15, 0.2) is 24.8 Å². The fourth-order valence-corrected chi connectivity index (χ4v) is 5.20. The Morgan fingerprint density at radius 1 is 0.966 bits per heavy atom. The second-order valence-corrected chi connectivity index (χ2v) is 8.89. The molecule has 0 bridgehead atoms. The second-order valence-electron chi connectivity index (χ2n) is 7.65. The fourth-order valence-electron chi connectivity index (χ4n) is 4.36. The van der Waals surface area contributed by atoms with Crippen molar-refractivity contribution in [2.75, 3.05) is 54.0 Å². The first-order valence-corrected chi connectivity index (χ1v) is 10.9. The SMILES string of the molecule is Cc1cc2c(N3CCN(c4cc(N5CCCC5CO)ncn4)CC3)ncnc2s1. The molecule has 2 aliphatic heterocycles. The number of aryl methyl sites for hydroxylation is 1. The summed E-state index contributed by atoms with van der Waals surface area (Å²) >= 11 is 1.72. The molecule has 0 amide bonds. The van der Waals surface area contributed by atoms with Crippen LogP contribution < -0.4 is 14.7 Å². The molecule has 1 N–H and O–H groups in total. The summed E-state index contributed by atoms with van der Waals surface area (Å²) in [6.07, 6.45) is 5.43. The van der Waals surface area contributed by atoms with E-state index in [4.69, 9.17) is 0 Å². The molecule has 1 unspecified atom stereocenters. The highest BCUT2D eigenvalue weighted by molar-refractivity contribution is 7.18. The summed E-state index contributed by atoms with van der Waals surface area (Å²) in [5.41, 5.74) is 0. The third kappa shape index (κ3) is 3.49. The van der Waals surface area contributed by atoms with Gasteiger partial charge >= 0.3 is 0 Å². The van der Waals surface area contributed by atoms with E-state index >= 15 is 0 Å². The first-order chi connectivity index (χ1) is 14.2. The van der Waals surface area contributed by atoms with Crippen molar-refractivity contribution in [1.82, 2.24) is 19.9 Å². The maximum absolute atomic E-state index is 9.62. The molecule has 2 fully saturated rings. The first-order valence-electron chi connectivity index (χ1n) is 10.1. The van der Waals surface area contributed by atoms with Gasteiger partial charge in [-0.25, -0.2) is 19.9 Å². The monoisotopic (exact) mass is 411 g/mol. The maximum Gasteiger partial charge on any atom is 0.140 e. The summed E-state index contributed by atoms with van der Waals surface area (Å²) in [7, 11) is 0. The van der Waals surface area contributed by atoms with Crippen molar-refractivity contribution < 1.29 is 5.11 Å². The molecule has 5 rings (SSSR count). The Labute approximate surface area is 173 Å². The largest absolute Gasteiger partial charge is 0.394 e. The summed E-state index contributed by atoms with van der Waals surface area (Å²) in [6, 6.07) is 4.42. The average Bonchev–Trinajstić information content (AvgIpc) is 3.39. The minimum Gasteiger partial charge on any atom is -0.394 e. The molecule has 152 valence electrons. The van der Waals surface area contributed by atoms with Crippen molar-refractivity contribution in [2.24, 2.45) is 0 Å². The molecular weight excluding hydrogens is 386 g/mol. The van der Waals surface area contributed by atoms with E-state index in [0.717, 1.165) is 73.2 Å². The Balaban J connectivity index is 1.31. The van der Waals surface area contributed by atoms with Crippen molar-refractivity contribution >= 4 is 39.0 Å². The van der Waals surface area contributed by atoms with Gasteiger partial charge in [0, 0.05) is 43.7 Å². The van der Waals surface area contributed by atoms with E-state index in [9.17, 15) is 5.11 Å². The molecule has 0 saturated carbocycles. The highest BCUT2D eigenvalue weighted by Gasteiger charge is 2.26. The van der Waals surface area contributed by atoms with E-state index in [0.29, 0.717) is 0 Å². The number of aromatic nitrogens is 4. The lowest BCUT2D eigenvalue weighted by Gasteiger charge is -2.36. The van der Waals surface area contributed by atoms with Gasteiger partial charge in [0.25, 0.3) is 0 Å². The van der Waals surface area contributed by atoms with Gasteiger partial charge in [-0.15, -0.1) is 11.3 Å². The highest BCUT2D eigenvalue weighted by Crippen LogP contribution is 2.31. The minimum absolute atomic E-state index is 0.170. The third-order valence-electron chi connectivity index (χ3n) is 5.86. The van der Waals surface area contributed by atoms with Gasteiger partial charge in [0.15, 0.2) is 0 Å². The van der Waals surface area contributed by atoms with E-state index in [-0.39, 0.29) is 12.6 Å². The van der Waals surface area contributed by atoms with Crippen LogP contribution in [0.4, 0.5) is 17.5 Å². The van der Waals surface area contributed by atoms with E-state index in [2.05, 4.69) is 53.7 Å². The number of hydrogen-bond donors (Lipinski definition) is 1. The standard InChI is InChI=1S/C20H25N7OS/c1-14-9-16-19(23-13-24-20(16)29-14)26-7-5-25(6-8-26)17-10-18(22-12-21-17)27-4-2-3-15(27)11-28/h9-10,12-13,15,28H,2-8,11H2,1H3. The molecule has 3 aromatic rings. The van der Waals surface area contributed by atoms with Crippen molar-refractivity contribution in [2.45, 2.75) is 25.8 Å². The highest BCUT2D eigenvalue weighted by atomic mass is 32.1. The first kappa shape index (κ1) is 18.5. The van der Waals surface area contributed by atoms with Gasteiger partial charge in [-0.2, -0.15) is 0 Å². The summed E-state index contributed by atoms with van der Waals surface area (Å²) in [6.45, 7) is 6.78. The second kappa shape index (κ2) is 7.72. The van der Waals surface area contributed by atoms with Crippen LogP contribution in [0.2, 0.25) is 0 Å². The summed E-state index contributed by atoms with van der Waals surface area (Å²) in [4.78, 5) is 27.1. The maximum atomic E-state index is 9.62. The number of aliphatic hydroxyl groups excluding tert-OH is 1. The number of rotatable bonds is 4. The van der Waals surface area contributed by atoms with E-state index < -0.39 is 0 Å². The minimum atomic E-state index is 0.170. The van der Waals surface area contributed by atoms with Crippen molar-refractivity contribution in [1.29, 1.82) is 0 Å². The Morgan fingerprint density at radius 2 is 1.72 bits per heavy atom. The van der Waals surface area contributed by atoms with Crippen molar-refractivity contribution in [3.8, 4) is 0 Å². The van der Waals surface area contributed by atoms with Gasteiger partial charge in [0.2, 0.25) is 0 Å². The molecule has 5 heterocycles. The zero-order valence-corrected chi connectivity index (χ0v) is 17.3. The van der Waals surface area contributed by atoms with Crippen molar-refractivity contribution in [3.05, 3.63) is 29.7 Å². The number of aliphatic hydroxyl groups is 1. The number of thiophene rings is 1. The molecule has 8 nitrogen and oxygen atoms in total. The van der Waals surface area contributed by atoms with Crippen molar-refractivity contribution in [3.63, 3.8) is 0 Å². The normalized spacial score (nSPS) is 20.1. The van der Waals surface area contributed by atoms with Gasteiger partial charge < -0.3 is 19.8 Å². The summed E-state index contributed by atoms with van der Waals surface area (Å²) < 4.78 is 0. The quantitative estimate of drug-likeness (QED) is 0.699. The predicted molar refractivity (Wildman–Crippen MR) is 116 cm³/mol. The van der Waals surface area contributed by atoms with Crippen LogP contribution in [0, 0.1) is 6.92 Å². The van der Waals surface area contributed by atoms with Crippen LogP contribution in [0.25, 0.3) is 10.2 Å². The van der Waals surface area contributed by atoms with Gasteiger partial charge in [-0.1, -0.05) is 0 Å². The molecule has 0 aromatic carbocycles. The van der Waals surface area contributed by atoms with Crippen LogP contribution in [-0.2, 0) is 0 Å². The molecule has 3 aromatic heterocycles. The van der Waals surface area contributed by atoms with Gasteiger partial charge in [0.1, 0.15) is 34.9 Å². The zero-order chi connectivity index (χ0) is 19.8. The molecule has 0 radical (unpaired) electrons. The van der Waals surface area contributed by atoms with Gasteiger partial charge in [-0.3, -0.25) is 0 Å². The lowest BCUT2D eigenvalue weighted by Crippen LogP contribution is -2.47. The molecule has 1 atom stereocenters.